The number of nitrogens with zero attached hydrogens (tertiary/aromatic N) is 2. The first-order valence-corrected chi connectivity index (χ1v) is 5.45. The van der Waals surface area contributed by atoms with Gasteiger partial charge in [-0.05, 0) is 28.3 Å². The van der Waals surface area contributed by atoms with Crippen LogP contribution < -0.4 is 10.5 Å². The average molecular weight is 258 g/mol. The molecule has 0 aromatic carbocycles. The molecule has 0 spiro atoms. The third-order valence-corrected chi connectivity index (χ3v) is 2.99. The topological polar surface area (TPSA) is 61.0 Å². The number of nitrogens with two attached hydrogens (primary N) is 1. The molecule has 5 heteroatoms. The van der Waals surface area contributed by atoms with Gasteiger partial charge in [0.2, 0.25) is 5.88 Å². The smallest absolute Gasteiger partial charge is 0.233 e. The second-order valence-corrected chi connectivity index (χ2v) is 4.25. The highest BCUT2D eigenvalue weighted by molar-refractivity contribution is 9.10. The van der Waals surface area contributed by atoms with Crippen molar-refractivity contribution in [1.29, 1.82) is 0 Å². The highest BCUT2D eigenvalue weighted by Crippen LogP contribution is 2.33. The van der Waals surface area contributed by atoms with Crippen LogP contribution in [0.15, 0.2) is 10.8 Å². The molecule has 76 valence electrons. The predicted molar refractivity (Wildman–Crippen MR) is 57.0 cm³/mol. The molecule has 0 amide bonds. The molecule has 0 bridgehead atoms. The van der Waals surface area contributed by atoms with Crippen LogP contribution in [0.4, 0.5) is 5.82 Å². The van der Waals surface area contributed by atoms with Crippen LogP contribution in [0.25, 0.3) is 0 Å². The van der Waals surface area contributed by atoms with Gasteiger partial charge in [0, 0.05) is 0 Å². The minimum atomic E-state index is 0.418. The molecule has 0 aliphatic heterocycles. The van der Waals surface area contributed by atoms with Gasteiger partial charge in [-0.1, -0.05) is 12.8 Å². The molecule has 4 nitrogen and oxygen atoms in total. The van der Waals surface area contributed by atoms with Crippen molar-refractivity contribution in [2.75, 3.05) is 12.3 Å². The highest BCUT2D eigenvalue weighted by atomic mass is 79.9. The van der Waals surface area contributed by atoms with Gasteiger partial charge in [0.15, 0.2) is 0 Å². The van der Waals surface area contributed by atoms with Gasteiger partial charge in [0.05, 0.1) is 6.61 Å². The minimum Gasteiger partial charge on any atom is -0.477 e. The zero-order chi connectivity index (χ0) is 9.97. The Hall–Kier alpha value is -0.840. The SMILES string of the molecule is Nc1ncnc(OCCC2CC2)c1Br. The third kappa shape index (κ3) is 2.35. The molecule has 1 aromatic heterocycles. The second-order valence-electron chi connectivity index (χ2n) is 3.46. The van der Waals surface area contributed by atoms with Crippen LogP contribution in [-0.2, 0) is 0 Å². The van der Waals surface area contributed by atoms with Gasteiger partial charge in [0.1, 0.15) is 16.6 Å². The zero-order valence-electron chi connectivity index (χ0n) is 7.74. The minimum absolute atomic E-state index is 0.418. The standard InChI is InChI=1S/C9H12BrN3O/c10-7-8(11)12-5-13-9(7)14-4-3-6-1-2-6/h5-6H,1-4H2,(H2,11,12,13). The largest absolute Gasteiger partial charge is 0.477 e. The Kier molecular flexibility index (Phi) is 2.86. The molecule has 0 unspecified atom stereocenters. The first kappa shape index (κ1) is 9.71. The van der Waals surface area contributed by atoms with E-state index in [0.717, 1.165) is 12.3 Å². The van der Waals surface area contributed by atoms with E-state index in [4.69, 9.17) is 10.5 Å². The fourth-order valence-corrected chi connectivity index (χ4v) is 1.52. The van der Waals surface area contributed by atoms with Gasteiger partial charge in [-0.15, -0.1) is 0 Å². The van der Waals surface area contributed by atoms with E-state index in [0.29, 0.717) is 22.8 Å². The molecule has 0 atom stereocenters. The van der Waals surface area contributed by atoms with Crippen molar-refractivity contribution < 1.29 is 4.74 Å². The van der Waals surface area contributed by atoms with Gasteiger partial charge in [-0.2, -0.15) is 0 Å². The number of hydrogen-bond donors (Lipinski definition) is 1. The third-order valence-electron chi connectivity index (χ3n) is 2.25. The van der Waals surface area contributed by atoms with Crippen molar-refractivity contribution in [2.24, 2.45) is 5.92 Å². The van der Waals surface area contributed by atoms with E-state index in [2.05, 4.69) is 25.9 Å². The van der Waals surface area contributed by atoms with E-state index in [1.165, 1.54) is 19.2 Å². The Bertz CT molecular complexity index is 328. The van der Waals surface area contributed by atoms with Crippen molar-refractivity contribution >= 4 is 21.7 Å². The van der Waals surface area contributed by atoms with Gasteiger partial charge in [-0.3, -0.25) is 0 Å². The van der Waals surface area contributed by atoms with Crippen LogP contribution in [0.1, 0.15) is 19.3 Å². The Morgan fingerprint density at radius 3 is 3.00 bits per heavy atom. The van der Waals surface area contributed by atoms with Crippen molar-refractivity contribution in [3.8, 4) is 5.88 Å². The van der Waals surface area contributed by atoms with Crippen molar-refractivity contribution in [3.05, 3.63) is 10.8 Å². The van der Waals surface area contributed by atoms with Crippen LogP contribution in [0.3, 0.4) is 0 Å². The van der Waals surface area contributed by atoms with E-state index in [-0.39, 0.29) is 0 Å². The van der Waals surface area contributed by atoms with Crippen LogP contribution in [0.5, 0.6) is 5.88 Å². The van der Waals surface area contributed by atoms with E-state index in [1.807, 2.05) is 0 Å². The lowest BCUT2D eigenvalue weighted by Gasteiger charge is -2.06. The van der Waals surface area contributed by atoms with Gasteiger partial charge < -0.3 is 10.5 Å². The summed E-state index contributed by atoms with van der Waals surface area (Å²) in [5.41, 5.74) is 5.59. The molecule has 2 rings (SSSR count). The molecule has 1 heterocycles. The molecule has 0 saturated heterocycles. The molecule has 0 radical (unpaired) electrons. The van der Waals surface area contributed by atoms with Crippen LogP contribution in [0.2, 0.25) is 0 Å². The van der Waals surface area contributed by atoms with Gasteiger partial charge in [0.25, 0.3) is 0 Å². The van der Waals surface area contributed by atoms with Crippen molar-refractivity contribution in [1.82, 2.24) is 9.97 Å². The van der Waals surface area contributed by atoms with E-state index in [1.54, 1.807) is 0 Å². The summed E-state index contributed by atoms with van der Waals surface area (Å²) in [6.45, 7) is 0.708. The summed E-state index contributed by atoms with van der Waals surface area (Å²) in [6, 6.07) is 0. The maximum atomic E-state index is 5.59. The summed E-state index contributed by atoms with van der Waals surface area (Å²) in [5, 5.41) is 0. The first-order chi connectivity index (χ1) is 6.77. The van der Waals surface area contributed by atoms with Crippen LogP contribution in [-0.4, -0.2) is 16.6 Å². The highest BCUT2D eigenvalue weighted by Gasteiger charge is 2.21. The molecule has 1 aliphatic rings. The summed E-state index contributed by atoms with van der Waals surface area (Å²) < 4.78 is 6.14. The number of hydrogen-bond acceptors (Lipinski definition) is 4. The van der Waals surface area contributed by atoms with Crippen molar-refractivity contribution in [3.63, 3.8) is 0 Å². The van der Waals surface area contributed by atoms with E-state index >= 15 is 0 Å². The summed E-state index contributed by atoms with van der Waals surface area (Å²) in [4.78, 5) is 7.83. The van der Waals surface area contributed by atoms with E-state index < -0.39 is 0 Å². The summed E-state index contributed by atoms with van der Waals surface area (Å²) >= 11 is 3.29. The number of anilines is 1. The molecule has 1 saturated carbocycles. The maximum absolute atomic E-state index is 5.59. The molecule has 14 heavy (non-hydrogen) atoms. The Balaban J connectivity index is 1.90. The molecular formula is C9H12BrN3O. The molecule has 2 N–H and O–H groups in total. The van der Waals surface area contributed by atoms with Crippen LogP contribution in [0, 0.1) is 5.92 Å². The lowest BCUT2D eigenvalue weighted by atomic mass is 10.3. The quantitative estimate of drug-likeness (QED) is 0.897. The predicted octanol–water partition coefficient (Wildman–Crippen LogP) is 2.00. The number of nitrogen functional groups attached to an aromatic ring is 1. The molecular weight excluding hydrogens is 246 g/mol. The van der Waals surface area contributed by atoms with Crippen LogP contribution >= 0.6 is 15.9 Å². The lowest BCUT2D eigenvalue weighted by molar-refractivity contribution is 0.289. The molecule has 1 fully saturated rings. The fourth-order valence-electron chi connectivity index (χ4n) is 1.20. The second kappa shape index (κ2) is 4.13. The van der Waals surface area contributed by atoms with Gasteiger partial charge >= 0.3 is 0 Å². The number of rotatable bonds is 4. The Labute approximate surface area is 91.0 Å². The lowest BCUT2D eigenvalue weighted by Crippen LogP contribution is -2.03. The Morgan fingerprint density at radius 1 is 1.50 bits per heavy atom. The zero-order valence-corrected chi connectivity index (χ0v) is 9.33. The first-order valence-electron chi connectivity index (χ1n) is 4.66. The molecule has 1 aliphatic carbocycles. The number of ether oxygens (including phenoxy) is 1. The number of aromatic nitrogens is 2. The molecule has 1 aromatic rings. The van der Waals surface area contributed by atoms with Gasteiger partial charge in [-0.25, -0.2) is 9.97 Å². The maximum Gasteiger partial charge on any atom is 0.233 e. The Morgan fingerprint density at radius 2 is 2.29 bits per heavy atom. The summed E-state index contributed by atoms with van der Waals surface area (Å²) in [7, 11) is 0. The summed E-state index contributed by atoms with van der Waals surface area (Å²) in [5.74, 6) is 1.83. The monoisotopic (exact) mass is 257 g/mol. The van der Waals surface area contributed by atoms with E-state index in [9.17, 15) is 0 Å². The normalized spacial score (nSPS) is 15.5. The average Bonchev–Trinajstić information content (AvgIpc) is 2.96. The number of halogens is 1. The van der Waals surface area contributed by atoms with Crippen molar-refractivity contribution in [2.45, 2.75) is 19.3 Å². The fraction of sp³-hybridized carbons (Fsp3) is 0.556. The summed E-state index contributed by atoms with van der Waals surface area (Å²) in [6.07, 6.45) is 5.20.